The van der Waals surface area contributed by atoms with Gasteiger partial charge in [-0.3, -0.25) is 14.2 Å². The molecule has 0 spiro atoms. The standard InChI is InChI=1S/C16H16N6O2/c1-12-9-17-11-21(16(12)24)8-7-18-15(23)14-10-19-22(20-14)13-5-3-2-4-6-13/h2-6,9-11H,7-8H2,1H3,(H,18,23). The lowest BCUT2D eigenvalue weighted by atomic mass is 10.3. The van der Waals surface area contributed by atoms with E-state index in [1.807, 2.05) is 30.3 Å². The molecule has 0 bridgehead atoms. The minimum absolute atomic E-state index is 0.116. The second kappa shape index (κ2) is 6.86. The van der Waals surface area contributed by atoms with Crippen LogP contribution in [-0.4, -0.2) is 37.0 Å². The van der Waals surface area contributed by atoms with Gasteiger partial charge in [-0.1, -0.05) is 18.2 Å². The Labute approximate surface area is 137 Å². The van der Waals surface area contributed by atoms with E-state index in [0.717, 1.165) is 5.69 Å². The first-order chi connectivity index (χ1) is 11.6. The topological polar surface area (TPSA) is 94.7 Å². The van der Waals surface area contributed by atoms with E-state index < -0.39 is 0 Å². The lowest BCUT2D eigenvalue weighted by Gasteiger charge is -2.06. The summed E-state index contributed by atoms with van der Waals surface area (Å²) in [6, 6.07) is 9.32. The van der Waals surface area contributed by atoms with Crippen molar-refractivity contribution in [2.24, 2.45) is 0 Å². The molecule has 0 saturated heterocycles. The molecule has 0 atom stereocenters. The van der Waals surface area contributed by atoms with E-state index in [-0.39, 0.29) is 17.2 Å². The van der Waals surface area contributed by atoms with E-state index in [4.69, 9.17) is 0 Å². The maximum atomic E-state index is 12.1. The summed E-state index contributed by atoms with van der Waals surface area (Å²) in [7, 11) is 0. The molecule has 8 nitrogen and oxygen atoms in total. The Morgan fingerprint density at radius 3 is 2.79 bits per heavy atom. The van der Waals surface area contributed by atoms with Crippen LogP contribution in [0.1, 0.15) is 16.1 Å². The molecule has 2 aromatic heterocycles. The van der Waals surface area contributed by atoms with Gasteiger partial charge in [0.15, 0.2) is 5.69 Å². The van der Waals surface area contributed by atoms with Gasteiger partial charge in [0.25, 0.3) is 11.5 Å². The number of aryl methyl sites for hydroxylation is 1. The molecule has 0 saturated carbocycles. The monoisotopic (exact) mass is 324 g/mol. The summed E-state index contributed by atoms with van der Waals surface area (Å²) in [4.78, 5) is 29.3. The van der Waals surface area contributed by atoms with Crippen LogP contribution in [-0.2, 0) is 6.54 Å². The lowest BCUT2D eigenvalue weighted by Crippen LogP contribution is -2.31. The Balaban J connectivity index is 1.61. The zero-order chi connectivity index (χ0) is 16.9. The molecule has 3 rings (SSSR count). The van der Waals surface area contributed by atoms with Gasteiger partial charge in [-0.05, 0) is 19.1 Å². The highest BCUT2D eigenvalue weighted by Crippen LogP contribution is 2.04. The summed E-state index contributed by atoms with van der Waals surface area (Å²) >= 11 is 0. The van der Waals surface area contributed by atoms with Crippen molar-refractivity contribution in [3.05, 3.63) is 70.7 Å². The third kappa shape index (κ3) is 3.37. The maximum Gasteiger partial charge on any atom is 0.273 e. The second-order valence-electron chi connectivity index (χ2n) is 5.19. The number of amides is 1. The Hall–Kier alpha value is -3.29. The number of hydrogen-bond donors (Lipinski definition) is 1. The quantitative estimate of drug-likeness (QED) is 0.740. The van der Waals surface area contributed by atoms with Crippen LogP contribution in [0.25, 0.3) is 5.69 Å². The van der Waals surface area contributed by atoms with Crippen molar-refractivity contribution in [3.8, 4) is 5.69 Å². The molecule has 0 radical (unpaired) electrons. The molecule has 8 heteroatoms. The molecular formula is C16H16N6O2. The first kappa shape index (κ1) is 15.6. The number of hydrogen-bond acceptors (Lipinski definition) is 5. The molecule has 0 fully saturated rings. The Morgan fingerprint density at radius 1 is 1.21 bits per heavy atom. The summed E-state index contributed by atoms with van der Waals surface area (Å²) in [5.41, 5.74) is 1.44. The van der Waals surface area contributed by atoms with Crippen LogP contribution in [0.15, 0.2) is 53.8 Å². The van der Waals surface area contributed by atoms with Crippen LogP contribution in [0.4, 0.5) is 0 Å². The summed E-state index contributed by atoms with van der Waals surface area (Å²) < 4.78 is 1.45. The van der Waals surface area contributed by atoms with Crippen molar-refractivity contribution in [1.29, 1.82) is 0 Å². The van der Waals surface area contributed by atoms with Crippen LogP contribution in [0.2, 0.25) is 0 Å². The molecule has 1 aromatic carbocycles. The highest BCUT2D eigenvalue weighted by atomic mass is 16.2. The molecule has 122 valence electrons. The average Bonchev–Trinajstić information content (AvgIpc) is 3.09. The molecule has 1 amide bonds. The van der Waals surface area contributed by atoms with Gasteiger partial charge >= 0.3 is 0 Å². The maximum absolute atomic E-state index is 12.1. The van der Waals surface area contributed by atoms with E-state index in [9.17, 15) is 9.59 Å². The van der Waals surface area contributed by atoms with E-state index in [0.29, 0.717) is 18.7 Å². The zero-order valence-electron chi connectivity index (χ0n) is 13.1. The van der Waals surface area contributed by atoms with Crippen LogP contribution in [0, 0.1) is 6.92 Å². The summed E-state index contributed by atoms with van der Waals surface area (Å²) in [5.74, 6) is -0.342. The van der Waals surface area contributed by atoms with Crippen molar-refractivity contribution >= 4 is 5.91 Å². The predicted octanol–water partition coefficient (Wildman–Crippen LogP) is 0.562. The average molecular weight is 324 g/mol. The van der Waals surface area contributed by atoms with E-state index >= 15 is 0 Å². The van der Waals surface area contributed by atoms with Crippen molar-refractivity contribution < 1.29 is 4.79 Å². The Morgan fingerprint density at radius 2 is 2.00 bits per heavy atom. The fourth-order valence-corrected chi connectivity index (χ4v) is 2.15. The Bertz CT molecular complexity index is 900. The van der Waals surface area contributed by atoms with Crippen LogP contribution < -0.4 is 10.9 Å². The van der Waals surface area contributed by atoms with Crippen molar-refractivity contribution in [1.82, 2.24) is 29.9 Å². The zero-order valence-corrected chi connectivity index (χ0v) is 13.1. The summed E-state index contributed by atoms with van der Waals surface area (Å²) in [6.45, 7) is 2.33. The number of aromatic nitrogens is 5. The van der Waals surface area contributed by atoms with E-state index in [1.54, 1.807) is 6.92 Å². The normalized spacial score (nSPS) is 10.5. The van der Waals surface area contributed by atoms with Gasteiger partial charge in [0.2, 0.25) is 0 Å². The molecular weight excluding hydrogens is 308 g/mol. The number of nitrogens with zero attached hydrogens (tertiary/aromatic N) is 5. The van der Waals surface area contributed by atoms with Crippen molar-refractivity contribution in [3.63, 3.8) is 0 Å². The Kier molecular flexibility index (Phi) is 4.46. The molecule has 0 aliphatic carbocycles. The van der Waals surface area contributed by atoms with Gasteiger partial charge in [0.05, 0.1) is 18.2 Å². The number of para-hydroxylation sites is 1. The number of carbonyl (C=O) groups is 1. The molecule has 1 N–H and O–H groups in total. The van der Waals surface area contributed by atoms with Gasteiger partial charge in [-0.15, -0.1) is 5.10 Å². The fraction of sp³-hybridized carbons (Fsp3) is 0.188. The first-order valence-corrected chi connectivity index (χ1v) is 7.42. The fourth-order valence-electron chi connectivity index (χ4n) is 2.15. The highest BCUT2D eigenvalue weighted by Gasteiger charge is 2.11. The van der Waals surface area contributed by atoms with E-state index in [1.165, 1.54) is 28.1 Å². The van der Waals surface area contributed by atoms with Crippen LogP contribution in [0.3, 0.4) is 0 Å². The van der Waals surface area contributed by atoms with Crippen molar-refractivity contribution in [2.45, 2.75) is 13.5 Å². The molecule has 3 aromatic rings. The highest BCUT2D eigenvalue weighted by molar-refractivity contribution is 5.91. The number of rotatable bonds is 5. The lowest BCUT2D eigenvalue weighted by molar-refractivity contribution is 0.0946. The van der Waals surface area contributed by atoms with Gasteiger partial charge in [0, 0.05) is 24.8 Å². The third-order valence-corrected chi connectivity index (χ3v) is 3.42. The van der Waals surface area contributed by atoms with Gasteiger partial charge in [-0.2, -0.15) is 9.90 Å². The first-order valence-electron chi connectivity index (χ1n) is 7.42. The summed E-state index contributed by atoms with van der Waals surface area (Å²) in [6.07, 6.45) is 4.37. The SMILES string of the molecule is Cc1cncn(CCNC(=O)c2cnn(-c3ccccc3)n2)c1=O. The molecule has 24 heavy (non-hydrogen) atoms. The smallest absolute Gasteiger partial charge is 0.273 e. The number of nitrogens with one attached hydrogen (secondary N) is 1. The second-order valence-corrected chi connectivity index (χ2v) is 5.19. The largest absolute Gasteiger partial charge is 0.349 e. The van der Waals surface area contributed by atoms with E-state index in [2.05, 4.69) is 20.5 Å². The van der Waals surface area contributed by atoms with Gasteiger partial charge in [0.1, 0.15) is 0 Å². The van der Waals surface area contributed by atoms with Crippen LogP contribution >= 0.6 is 0 Å². The summed E-state index contributed by atoms with van der Waals surface area (Å²) in [5, 5.41) is 10.9. The minimum Gasteiger partial charge on any atom is -0.349 e. The predicted molar refractivity (Wildman–Crippen MR) is 86.9 cm³/mol. The minimum atomic E-state index is -0.342. The molecule has 0 aliphatic heterocycles. The van der Waals surface area contributed by atoms with Gasteiger partial charge in [-0.25, -0.2) is 4.98 Å². The number of benzene rings is 1. The van der Waals surface area contributed by atoms with Gasteiger partial charge < -0.3 is 5.32 Å². The molecule has 0 unspecified atom stereocenters. The number of carbonyl (C=O) groups excluding carboxylic acids is 1. The van der Waals surface area contributed by atoms with Crippen LogP contribution in [0.5, 0.6) is 0 Å². The molecule has 2 heterocycles. The molecule has 0 aliphatic rings. The van der Waals surface area contributed by atoms with Crippen molar-refractivity contribution in [2.75, 3.05) is 6.54 Å². The third-order valence-electron chi connectivity index (χ3n) is 3.42.